The smallest absolute Gasteiger partial charge is 0.00248 e. The van der Waals surface area contributed by atoms with Crippen molar-refractivity contribution in [1.29, 1.82) is 0 Å². The van der Waals surface area contributed by atoms with Gasteiger partial charge in [0.05, 0.1) is 0 Å². The summed E-state index contributed by atoms with van der Waals surface area (Å²) < 4.78 is 0. The van der Waals surface area contributed by atoms with Crippen molar-refractivity contribution in [2.75, 3.05) is 32.7 Å². The minimum Gasteiger partial charge on any atom is -0.316 e. The Balaban J connectivity index is 1.75. The van der Waals surface area contributed by atoms with E-state index in [-0.39, 0.29) is 0 Å². The quantitative estimate of drug-likeness (QED) is 0.693. The first kappa shape index (κ1) is 9.47. The van der Waals surface area contributed by atoms with Crippen molar-refractivity contribution >= 4 is 0 Å². The molecule has 2 atom stereocenters. The second kappa shape index (κ2) is 4.43. The lowest BCUT2D eigenvalue weighted by Crippen LogP contribution is -2.36. The summed E-state index contributed by atoms with van der Waals surface area (Å²) in [6.07, 6.45) is 4.30. The summed E-state index contributed by atoms with van der Waals surface area (Å²) in [6, 6.07) is 0. The van der Waals surface area contributed by atoms with E-state index in [1.165, 1.54) is 52.0 Å². The lowest BCUT2D eigenvalue weighted by Gasteiger charge is -2.30. The summed E-state index contributed by atoms with van der Waals surface area (Å²) >= 11 is 0. The normalized spacial score (nSPS) is 36.7. The number of rotatable bonds is 2. The maximum atomic E-state index is 3.49. The third-order valence-electron chi connectivity index (χ3n) is 3.62. The van der Waals surface area contributed by atoms with Gasteiger partial charge in [0.25, 0.3) is 0 Å². The average molecular weight is 182 g/mol. The van der Waals surface area contributed by atoms with Crippen LogP contribution in [0.2, 0.25) is 0 Å². The molecule has 1 N–H and O–H groups in total. The molecule has 0 amide bonds. The summed E-state index contributed by atoms with van der Waals surface area (Å²) in [7, 11) is 0. The van der Waals surface area contributed by atoms with E-state index in [1.54, 1.807) is 0 Å². The molecule has 2 heteroatoms. The van der Waals surface area contributed by atoms with Crippen LogP contribution < -0.4 is 5.32 Å². The van der Waals surface area contributed by atoms with Gasteiger partial charge in [-0.25, -0.2) is 0 Å². The summed E-state index contributed by atoms with van der Waals surface area (Å²) in [5.74, 6) is 1.81. The number of hydrogen-bond acceptors (Lipinski definition) is 2. The topological polar surface area (TPSA) is 15.3 Å². The van der Waals surface area contributed by atoms with Gasteiger partial charge in [-0.3, -0.25) is 0 Å². The van der Waals surface area contributed by atoms with Gasteiger partial charge >= 0.3 is 0 Å². The molecule has 2 nitrogen and oxygen atoms in total. The first-order valence-electron chi connectivity index (χ1n) is 5.79. The molecule has 0 aromatic rings. The Hall–Kier alpha value is -0.0800. The number of hydrogen-bond donors (Lipinski definition) is 1. The van der Waals surface area contributed by atoms with Gasteiger partial charge in [-0.15, -0.1) is 0 Å². The first-order valence-corrected chi connectivity index (χ1v) is 5.79. The van der Waals surface area contributed by atoms with Crippen LogP contribution in [0.3, 0.4) is 0 Å². The molecule has 0 unspecified atom stereocenters. The van der Waals surface area contributed by atoms with Gasteiger partial charge in [0.15, 0.2) is 0 Å². The second-order valence-corrected chi connectivity index (χ2v) is 4.76. The molecular formula is C11H22N2. The fraction of sp³-hybridized carbons (Fsp3) is 1.00. The zero-order chi connectivity index (χ0) is 9.10. The highest BCUT2D eigenvalue weighted by Gasteiger charge is 2.25. The SMILES string of the molecule is C[C@@H]1CNC[C@H]1CN1CCCCC1. The highest BCUT2D eigenvalue weighted by Crippen LogP contribution is 2.19. The Kier molecular flexibility index (Phi) is 3.23. The fourth-order valence-electron chi connectivity index (χ4n) is 2.58. The van der Waals surface area contributed by atoms with Crippen molar-refractivity contribution in [3.8, 4) is 0 Å². The molecule has 0 spiro atoms. The molecule has 2 heterocycles. The van der Waals surface area contributed by atoms with Crippen LogP contribution >= 0.6 is 0 Å². The van der Waals surface area contributed by atoms with Crippen molar-refractivity contribution in [2.24, 2.45) is 11.8 Å². The van der Waals surface area contributed by atoms with Crippen LogP contribution in [0.4, 0.5) is 0 Å². The molecule has 2 saturated heterocycles. The highest BCUT2D eigenvalue weighted by atomic mass is 15.1. The Morgan fingerprint density at radius 3 is 2.54 bits per heavy atom. The average Bonchev–Trinajstić information content (AvgIpc) is 2.54. The zero-order valence-corrected chi connectivity index (χ0v) is 8.76. The molecule has 76 valence electrons. The van der Waals surface area contributed by atoms with Crippen molar-refractivity contribution in [2.45, 2.75) is 26.2 Å². The minimum absolute atomic E-state index is 0.891. The second-order valence-electron chi connectivity index (χ2n) is 4.76. The largest absolute Gasteiger partial charge is 0.316 e. The molecule has 0 bridgehead atoms. The van der Waals surface area contributed by atoms with E-state index in [9.17, 15) is 0 Å². The molecule has 0 saturated carbocycles. The Labute approximate surface area is 81.7 Å². The van der Waals surface area contributed by atoms with Crippen LogP contribution in [0.5, 0.6) is 0 Å². The van der Waals surface area contributed by atoms with Crippen molar-refractivity contribution in [3.63, 3.8) is 0 Å². The van der Waals surface area contributed by atoms with Crippen LogP contribution in [0, 0.1) is 11.8 Å². The Morgan fingerprint density at radius 1 is 1.15 bits per heavy atom. The van der Waals surface area contributed by atoms with Gasteiger partial charge in [-0.1, -0.05) is 13.3 Å². The Morgan fingerprint density at radius 2 is 1.92 bits per heavy atom. The molecule has 2 fully saturated rings. The summed E-state index contributed by atoms with van der Waals surface area (Å²) in [6.45, 7) is 8.91. The van der Waals surface area contributed by atoms with E-state index in [0.29, 0.717) is 0 Å². The molecule has 0 radical (unpaired) electrons. The maximum absolute atomic E-state index is 3.49. The third kappa shape index (κ3) is 2.44. The van der Waals surface area contributed by atoms with E-state index < -0.39 is 0 Å². The van der Waals surface area contributed by atoms with Crippen molar-refractivity contribution in [1.82, 2.24) is 10.2 Å². The van der Waals surface area contributed by atoms with E-state index in [0.717, 1.165) is 11.8 Å². The third-order valence-corrected chi connectivity index (χ3v) is 3.62. The predicted octanol–water partition coefficient (Wildman–Crippen LogP) is 1.33. The maximum Gasteiger partial charge on any atom is 0.00248 e. The highest BCUT2D eigenvalue weighted by molar-refractivity contribution is 4.81. The van der Waals surface area contributed by atoms with Crippen LogP contribution in [0.25, 0.3) is 0 Å². The summed E-state index contributed by atoms with van der Waals surface area (Å²) in [4.78, 5) is 2.66. The fourth-order valence-corrected chi connectivity index (χ4v) is 2.58. The van der Waals surface area contributed by atoms with E-state index in [4.69, 9.17) is 0 Å². The summed E-state index contributed by atoms with van der Waals surface area (Å²) in [5.41, 5.74) is 0. The minimum atomic E-state index is 0.891. The first-order chi connectivity index (χ1) is 6.36. The standard InChI is InChI=1S/C11H22N2/c1-10-7-12-8-11(10)9-13-5-3-2-4-6-13/h10-12H,2-9H2,1H3/t10-,11+/m1/s1. The molecule has 13 heavy (non-hydrogen) atoms. The molecule has 2 rings (SSSR count). The van der Waals surface area contributed by atoms with Gasteiger partial charge in [-0.2, -0.15) is 0 Å². The van der Waals surface area contributed by atoms with Crippen molar-refractivity contribution < 1.29 is 0 Å². The van der Waals surface area contributed by atoms with E-state index >= 15 is 0 Å². The van der Waals surface area contributed by atoms with Gasteiger partial charge in [0.2, 0.25) is 0 Å². The molecule has 0 aromatic carbocycles. The van der Waals surface area contributed by atoms with Gasteiger partial charge < -0.3 is 10.2 Å². The number of piperidine rings is 1. The molecule has 2 aliphatic heterocycles. The molecule has 2 aliphatic rings. The predicted molar refractivity (Wildman–Crippen MR) is 55.8 cm³/mol. The van der Waals surface area contributed by atoms with Gasteiger partial charge in [0.1, 0.15) is 0 Å². The van der Waals surface area contributed by atoms with Gasteiger partial charge in [-0.05, 0) is 50.9 Å². The zero-order valence-electron chi connectivity index (χ0n) is 8.76. The molecular weight excluding hydrogens is 160 g/mol. The number of nitrogens with one attached hydrogen (secondary N) is 1. The lowest BCUT2D eigenvalue weighted by molar-refractivity contribution is 0.186. The van der Waals surface area contributed by atoms with E-state index in [1.807, 2.05) is 0 Å². The van der Waals surface area contributed by atoms with E-state index in [2.05, 4.69) is 17.1 Å². The van der Waals surface area contributed by atoms with Crippen LogP contribution in [0.15, 0.2) is 0 Å². The van der Waals surface area contributed by atoms with Gasteiger partial charge in [0, 0.05) is 6.54 Å². The van der Waals surface area contributed by atoms with Crippen LogP contribution in [-0.4, -0.2) is 37.6 Å². The Bertz CT molecular complexity index is 152. The summed E-state index contributed by atoms with van der Waals surface area (Å²) in [5, 5.41) is 3.49. The molecule has 0 aliphatic carbocycles. The number of nitrogens with zero attached hydrogens (tertiary/aromatic N) is 1. The lowest BCUT2D eigenvalue weighted by atomic mass is 9.96. The van der Waals surface area contributed by atoms with Crippen molar-refractivity contribution in [3.05, 3.63) is 0 Å². The van der Waals surface area contributed by atoms with Crippen LogP contribution in [0.1, 0.15) is 26.2 Å². The molecule has 0 aromatic heterocycles. The monoisotopic (exact) mass is 182 g/mol. The number of likely N-dealkylation sites (tertiary alicyclic amines) is 1. The van der Waals surface area contributed by atoms with Crippen LogP contribution in [-0.2, 0) is 0 Å².